The first-order chi connectivity index (χ1) is 8.19. The molecule has 1 aromatic rings. The minimum Gasteiger partial charge on any atom is -0.382 e. The van der Waals surface area contributed by atoms with Gasteiger partial charge >= 0.3 is 0 Å². The van der Waals surface area contributed by atoms with E-state index in [9.17, 15) is 5.11 Å². The van der Waals surface area contributed by atoms with Crippen LogP contribution in [0.2, 0.25) is 0 Å². The van der Waals surface area contributed by atoms with Gasteiger partial charge in [-0.2, -0.15) is 5.10 Å². The number of aliphatic hydroxyl groups is 1. The van der Waals surface area contributed by atoms with Crippen LogP contribution in [0.1, 0.15) is 30.0 Å². The summed E-state index contributed by atoms with van der Waals surface area (Å²) < 4.78 is 7.20. The Labute approximate surface area is 101 Å². The molecule has 0 aromatic carbocycles. The van der Waals surface area contributed by atoms with Gasteiger partial charge in [0, 0.05) is 51.0 Å². The Morgan fingerprint density at radius 1 is 1.47 bits per heavy atom. The van der Waals surface area contributed by atoms with Crippen molar-refractivity contribution < 1.29 is 9.84 Å². The molecule has 3 rings (SSSR count). The molecule has 0 unspecified atom stereocenters. The largest absolute Gasteiger partial charge is 0.382 e. The predicted octanol–water partition coefficient (Wildman–Crippen LogP) is 0.105. The molecule has 2 aliphatic rings. The lowest BCUT2D eigenvalue weighted by molar-refractivity contribution is -0.0164. The maximum absolute atomic E-state index is 10.5. The number of hydrogen-bond acceptors (Lipinski definition) is 4. The zero-order valence-corrected chi connectivity index (χ0v) is 10.1. The average Bonchev–Trinajstić information content (AvgIpc) is 2.70. The molecule has 3 heterocycles. The molecule has 2 fully saturated rings. The first-order valence-electron chi connectivity index (χ1n) is 6.24. The highest BCUT2D eigenvalue weighted by molar-refractivity contribution is 5.31. The number of rotatable bonds is 2. The van der Waals surface area contributed by atoms with Crippen molar-refractivity contribution in [3.63, 3.8) is 0 Å². The number of nitrogens with one attached hydrogen (secondary N) is 1. The van der Waals surface area contributed by atoms with Gasteiger partial charge in [0.2, 0.25) is 0 Å². The number of hydrogen-bond donors (Lipinski definition) is 2. The van der Waals surface area contributed by atoms with E-state index in [0.29, 0.717) is 19.0 Å². The summed E-state index contributed by atoms with van der Waals surface area (Å²) in [4.78, 5) is 0. The summed E-state index contributed by atoms with van der Waals surface area (Å²) in [6.45, 7) is 2.87. The van der Waals surface area contributed by atoms with Crippen LogP contribution in [-0.2, 0) is 17.4 Å². The fraction of sp³-hybridized carbons (Fsp3) is 0.750. The molecule has 0 spiro atoms. The lowest BCUT2D eigenvalue weighted by Gasteiger charge is -2.38. The van der Waals surface area contributed by atoms with Crippen molar-refractivity contribution in [3.05, 3.63) is 17.5 Å². The van der Waals surface area contributed by atoms with Gasteiger partial charge < -0.3 is 15.2 Å². The first kappa shape index (κ1) is 11.2. The molecular weight excluding hydrogens is 218 g/mol. The average molecular weight is 237 g/mol. The van der Waals surface area contributed by atoms with Crippen LogP contribution < -0.4 is 5.32 Å². The quantitative estimate of drug-likeness (QED) is 0.766. The second kappa shape index (κ2) is 4.08. The van der Waals surface area contributed by atoms with Crippen LogP contribution in [0.3, 0.4) is 0 Å². The van der Waals surface area contributed by atoms with Crippen LogP contribution in [-0.4, -0.2) is 41.2 Å². The van der Waals surface area contributed by atoms with Crippen LogP contribution >= 0.6 is 0 Å². The van der Waals surface area contributed by atoms with Gasteiger partial charge in [0.05, 0.1) is 5.69 Å². The van der Waals surface area contributed by atoms with Crippen LogP contribution in [0, 0.1) is 0 Å². The molecule has 17 heavy (non-hydrogen) atoms. The standard InChI is InChI=1S/C12H19N3O2/c1-15-6-10(12(16)7-13-8-12)11(14-15)9-2-4-17-5-3-9/h6,9,13,16H,2-5,7-8H2,1H3. The molecule has 1 aromatic heterocycles. The van der Waals surface area contributed by atoms with Crippen molar-refractivity contribution in [2.24, 2.45) is 7.05 Å². The lowest BCUT2D eigenvalue weighted by Crippen LogP contribution is -2.57. The van der Waals surface area contributed by atoms with E-state index in [-0.39, 0.29) is 0 Å². The fourth-order valence-corrected chi connectivity index (χ4v) is 2.69. The molecule has 0 amide bonds. The number of aryl methyl sites for hydroxylation is 1. The first-order valence-corrected chi connectivity index (χ1v) is 6.24. The van der Waals surface area contributed by atoms with Gasteiger partial charge in [-0.15, -0.1) is 0 Å². The molecule has 0 aliphatic carbocycles. The lowest BCUT2D eigenvalue weighted by atomic mass is 9.83. The number of nitrogens with zero attached hydrogens (tertiary/aromatic N) is 2. The predicted molar refractivity (Wildman–Crippen MR) is 62.8 cm³/mol. The van der Waals surface area contributed by atoms with Crippen molar-refractivity contribution in [2.75, 3.05) is 26.3 Å². The highest BCUT2D eigenvalue weighted by Gasteiger charge is 2.40. The molecule has 2 aliphatic heterocycles. The number of β-amino-alcohol motifs (C(OH)–C–C–N with tert-alkyl or cyclic N) is 1. The van der Waals surface area contributed by atoms with E-state index in [1.807, 2.05) is 17.9 Å². The van der Waals surface area contributed by atoms with E-state index in [4.69, 9.17) is 4.74 Å². The Kier molecular flexibility index (Phi) is 2.69. The van der Waals surface area contributed by atoms with E-state index in [0.717, 1.165) is 37.3 Å². The third-order valence-electron chi connectivity index (χ3n) is 3.80. The maximum Gasteiger partial charge on any atom is 0.118 e. The van der Waals surface area contributed by atoms with Crippen molar-refractivity contribution in [1.29, 1.82) is 0 Å². The third-order valence-corrected chi connectivity index (χ3v) is 3.80. The molecule has 0 saturated carbocycles. The van der Waals surface area contributed by atoms with Crippen LogP contribution in [0.15, 0.2) is 6.20 Å². The molecule has 0 radical (unpaired) electrons. The summed E-state index contributed by atoms with van der Waals surface area (Å²) in [6, 6.07) is 0. The second-order valence-electron chi connectivity index (χ2n) is 5.12. The van der Waals surface area contributed by atoms with Gasteiger partial charge in [-0.3, -0.25) is 4.68 Å². The Bertz CT molecular complexity index is 406. The summed E-state index contributed by atoms with van der Waals surface area (Å²) in [6.07, 6.45) is 3.98. The van der Waals surface area contributed by atoms with Crippen LogP contribution in [0.25, 0.3) is 0 Å². The van der Waals surface area contributed by atoms with E-state index < -0.39 is 5.60 Å². The molecule has 94 valence electrons. The summed E-state index contributed by atoms with van der Waals surface area (Å²) in [5.74, 6) is 0.435. The molecule has 2 N–H and O–H groups in total. The van der Waals surface area contributed by atoms with E-state index in [1.54, 1.807) is 0 Å². The van der Waals surface area contributed by atoms with Gasteiger partial charge in [-0.05, 0) is 12.8 Å². The van der Waals surface area contributed by atoms with Gasteiger partial charge in [0.15, 0.2) is 0 Å². The molecule has 2 saturated heterocycles. The molecular formula is C12H19N3O2. The Morgan fingerprint density at radius 3 is 2.76 bits per heavy atom. The third kappa shape index (κ3) is 1.88. The zero-order valence-electron chi connectivity index (χ0n) is 10.1. The van der Waals surface area contributed by atoms with E-state index >= 15 is 0 Å². The normalized spacial score (nSPS) is 24.6. The molecule has 5 heteroatoms. The van der Waals surface area contributed by atoms with Crippen LogP contribution in [0.4, 0.5) is 0 Å². The van der Waals surface area contributed by atoms with E-state index in [1.165, 1.54) is 0 Å². The Hall–Kier alpha value is -0.910. The summed E-state index contributed by atoms with van der Waals surface area (Å²) in [5, 5.41) is 18.1. The SMILES string of the molecule is Cn1cc(C2(O)CNC2)c(C2CCOCC2)n1. The minimum atomic E-state index is -0.706. The van der Waals surface area contributed by atoms with Gasteiger partial charge in [0.1, 0.15) is 5.60 Å². The number of aromatic nitrogens is 2. The monoisotopic (exact) mass is 237 g/mol. The zero-order chi connectivity index (χ0) is 11.9. The number of ether oxygens (including phenoxy) is 1. The highest BCUT2D eigenvalue weighted by Crippen LogP contribution is 2.35. The maximum atomic E-state index is 10.5. The van der Waals surface area contributed by atoms with Crippen molar-refractivity contribution in [3.8, 4) is 0 Å². The fourth-order valence-electron chi connectivity index (χ4n) is 2.69. The van der Waals surface area contributed by atoms with Crippen LogP contribution in [0.5, 0.6) is 0 Å². The van der Waals surface area contributed by atoms with Crippen molar-refractivity contribution >= 4 is 0 Å². The van der Waals surface area contributed by atoms with Crippen molar-refractivity contribution in [2.45, 2.75) is 24.4 Å². The van der Waals surface area contributed by atoms with E-state index in [2.05, 4.69) is 10.4 Å². The molecule has 5 nitrogen and oxygen atoms in total. The topological polar surface area (TPSA) is 59.3 Å². The smallest absolute Gasteiger partial charge is 0.118 e. The molecule has 0 atom stereocenters. The molecule has 0 bridgehead atoms. The van der Waals surface area contributed by atoms with Gasteiger partial charge in [0.25, 0.3) is 0 Å². The second-order valence-corrected chi connectivity index (χ2v) is 5.12. The van der Waals surface area contributed by atoms with Gasteiger partial charge in [-0.1, -0.05) is 0 Å². The summed E-state index contributed by atoms with van der Waals surface area (Å²) >= 11 is 0. The summed E-state index contributed by atoms with van der Waals surface area (Å²) in [7, 11) is 1.92. The summed E-state index contributed by atoms with van der Waals surface area (Å²) in [5.41, 5.74) is 1.37. The van der Waals surface area contributed by atoms with Crippen molar-refractivity contribution in [1.82, 2.24) is 15.1 Å². The Balaban J connectivity index is 1.92. The minimum absolute atomic E-state index is 0.435. The Morgan fingerprint density at radius 2 is 2.18 bits per heavy atom. The van der Waals surface area contributed by atoms with Gasteiger partial charge in [-0.25, -0.2) is 0 Å². The highest BCUT2D eigenvalue weighted by atomic mass is 16.5.